The number of hydrogen-bond donors (Lipinski definition) is 1. The predicted octanol–water partition coefficient (Wildman–Crippen LogP) is 1.52. The fourth-order valence-electron chi connectivity index (χ4n) is 1.81. The lowest BCUT2D eigenvalue weighted by molar-refractivity contribution is 0.180. The summed E-state index contributed by atoms with van der Waals surface area (Å²) in [6, 6.07) is 3.83. The minimum Gasteiger partial charge on any atom is -0.464 e. The summed E-state index contributed by atoms with van der Waals surface area (Å²) in [7, 11) is 1.75. The van der Waals surface area contributed by atoms with E-state index < -0.39 is 0 Å². The number of amides is 2. The lowest BCUT2D eigenvalue weighted by Crippen LogP contribution is -2.42. The van der Waals surface area contributed by atoms with Crippen molar-refractivity contribution < 1.29 is 13.9 Å². The second-order valence-electron chi connectivity index (χ2n) is 4.38. The molecule has 2 heterocycles. The van der Waals surface area contributed by atoms with Crippen molar-refractivity contribution in [3.05, 3.63) is 23.7 Å². The minimum absolute atomic E-state index is 0.0884. The number of furan rings is 1. The SMILES string of the molecule is Cc1ccc(CN(C)C(=O)NC2CCOC2)o1. The molecule has 0 aliphatic carbocycles. The van der Waals surface area contributed by atoms with Crippen LogP contribution in [0.5, 0.6) is 0 Å². The number of nitrogens with zero attached hydrogens (tertiary/aromatic N) is 1. The van der Waals surface area contributed by atoms with Crippen LogP contribution in [0.2, 0.25) is 0 Å². The van der Waals surface area contributed by atoms with E-state index in [-0.39, 0.29) is 12.1 Å². The number of hydrogen-bond acceptors (Lipinski definition) is 3. The van der Waals surface area contributed by atoms with Gasteiger partial charge in [-0.3, -0.25) is 0 Å². The predicted molar refractivity (Wildman–Crippen MR) is 62.7 cm³/mol. The Hall–Kier alpha value is -1.49. The topological polar surface area (TPSA) is 54.7 Å². The largest absolute Gasteiger partial charge is 0.464 e. The molecule has 1 fully saturated rings. The molecule has 0 radical (unpaired) electrons. The quantitative estimate of drug-likeness (QED) is 0.868. The summed E-state index contributed by atoms with van der Waals surface area (Å²) < 4.78 is 10.6. The van der Waals surface area contributed by atoms with Crippen LogP contribution in [0.1, 0.15) is 17.9 Å². The summed E-state index contributed by atoms with van der Waals surface area (Å²) >= 11 is 0. The van der Waals surface area contributed by atoms with Gasteiger partial charge in [0.15, 0.2) is 0 Å². The molecule has 1 aromatic rings. The zero-order valence-electron chi connectivity index (χ0n) is 10.2. The molecule has 5 nitrogen and oxygen atoms in total. The highest BCUT2D eigenvalue weighted by atomic mass is 16.5. The summed E-state index contributed by atoms with van der Waals surface area (Å²) in [6.07, 6.45) is 0.888. The molecule has 94 valence electrons. The molecular weight excluding hydrogens is 220 g/mol. The number of rotatable bonds is 3. The third-order valence-corrected chi connectivity index (χ3v) is 2.79. The van der Waals surface area contributed by atoms with Gasteiger partial charge in [-0.05, 0) is 25.5 Å². The number of carbonyl (C=O) groups is 1. The van der Waals surface area contributed by atoms with Gasteiger partial charge in [-0.15, -0.1) is 0 Å². The van der Waals surface area contributed by atoms with Gasteiger partial charge in [-0.2, -0.15) is 0 Å². The van der Waals surface area contributed by atoms with E-state index in [1.54, 1.807) is 11.9 Å². The summed E-state index contributed by atoms with van der Waals surface area (Å²) in [5, 5.41) is 2.93. The first-order valence-corrected chi connectivity index (χ1v) is 5.80. The normalized spacial score (nSPS) is 19.3. The molecule has 0 bridgehead atoms. The summed E-state index contributed by atoms with van der Waals surface area (Å²) in [5.41, 5.74) is 0. The molecular formula is C12H18N2O3. The van der Waals surface area contributed by atoms with Crippen LogP contribution in [0.15, 0.2) is 16.5 Å². The second-order valence-corrected chi connectivity index (χ2v) is 4.38. The highest BCUT2D eigenvalue weighted by Crippen LogP contribution is 2.09. The summed E-state index contributed by atoms with van der Waals surface area (Å²) in [4.78, 5) is 13.4. The maximum absolute atomic E-state index is 11.8. The summed E-state index contributed by atoms with van der Waals surface area (Å²) in [5.74, 6) is 1.65. The van der Waals surface area contributed by atoms with E-state index in [0.29, 0.717) is 13.2 Å². The molecule has 2 amide bonds. The Morgan fingerprint density at radius 3 is 3.00 bits per heavy atom. The summed E-state index contributed by atoms with van der Waals surface area (Å²) in [6.45, 7) is 3.71. The van der Waals surface area contributed by atoms with Crippen LogP contribution in [0.4, 0.5) is 4.79 Å². The van der Waals surface area contributed by atoms with Crippen molar-refractivity contribution in [1.82, 2.24) is 10.2 Å². The molecule has 0 saturated carbocycles. The van der Waals surface area contributed by atoms with E-state index in [1.165, 1.54) is 0 Å². The molecule has 1 aliphatic heterocycles. The monoisotopic (exact) mass is 238 g/mol. The lowest BCUT2D eigenvalue weighted by atomic mass is 10.3. The Kier molecular flexibility index (Phi) is 3.68. The van der Waals surface area contributed by atoms with Crippen molar-refractivity contribution >= 4 is 6.03 Å². The molecule has 0 spiro atoms. The molecule has 1 atom stereocenters. The maximum atomic E-state index is 11.8. The Labute approximate surface area is 101 Å². The van der Waals surface area contributed by atoms with Crippen LogP contribution >= 0.6 is 0 Å². The standard InChI is InChI=1S/C12H18N2O3/c1-9-3-4-11(17-9)7-14(2)12(15)13-10-5-6-16-8-10/h3-4,10H,5-8H2,1-2H3,(H,13,15). The van der Waals surface area contributed by atoms with E-state index in [0.717, 1.165) is 24.5 Å². The first kappa shape index (κ1) is 12.0. The van der Waals surface area contributed by atoms with Crippen LogP contribution in [-0.2, 0) is 11.3 Å². The maximum Gasteiger partial charge on any atom is 0.317 e. The van der Waals surface area contributed by atoms with Gasteiger partial charge in [-0.25, -0.2) is 4.79 Å². The molecule has 1 unspecified atom stereocenters. The Balaban J connectivity index is 1.82. The van der Waals surface area contributed by atoms with Gasteiger partial charge in [0.05, 0.1) is 19.2 Å². The minimum atomic E-state index is -0.0884. The third kappa shape index (κ3) is 3.23. The van der Waals surface area contributed by atoms with Gasteiger partial charge in [0.2, 0.25) is 0 Å². The Morgan fingerprint density at radius 1 is 1.59 bits per heavy atom. The van der Waals surface area contributed by atoms with Crippen LogP contribution in [0.25, 0.3) is 0 Å². The molecule has 0 aromatic carbocycles. The van der Waals surface area contributed by atoms with Crippen LogP contribution in [0.3, 0.4) is 0 Å². The van der Waals surface area contributed by atoms with E-state index in [1.807, 2.05) is 19.1 Å². The second kappa shape index (κ2) is 5.23. The molecule has 1 N–H and O–H groups in total. The Morgan fingerprint density at radius 2 is 2.41 bits per heavy atom. The Bertz CT molecular complexity index is 383. The number of aryl methyl sites for hydroxylation is 1. The van der Waals surface area contributed by atoms with E-state index in [2.05, 4.69) is 5.32 Å². The van der Waals surface area contributed by atoms with Gasteiger partial charge in [-0.1, -0.05) is 0 Å². The highest BCUT2D eigenvalue weighted by Gasteiger charge is 2.20. The lowest BCUT2D eigenvalue weighted by Gasteiger charge is -2.19. The van der Waals surface area contributed by atoms with E-state index >= 15 is 0 Å². The average Bonchev–Trinajstić information content (AvgIpc) is 2.90. The average molecular weight is 238 g/mol. The van der Waals surface area contributed by atoms with Gasteiger partial charge < -0.3 is 19.4 Å². The number of urea groups is 1. The van der Waals surface area contributed by atoms with Crippen LogP contribution in [0, 0.1) is 6.92 Å². The fourth-order valence-corrected chi connectivity index (χ4v) is 1.81. The molecule has 17 heavy (non-hydrogen) atoms. The van der Waals surface area contributed by atoms with Crippen molar-refractivity contribution in [2.24, 2.45) is 0 Å². The van der Waals surface area contributed by atoms with Gasteiger partial charge in [0, 0.05) is 13.7 Å². The highest BCUT2D eigenvalue weighted by molar-refractivity contribution is 5.74. The first-order valence-electron chi connectivity index (χ1n) is 5.80. The molecule has 1 aromatic heterocycles. The van der Waals surface area contributed by atoms with Gasteiger partial charge in [0.25, 0.3) is 0 Å². The van der Waals surface area contributed by atoms with Crippen LogP contribution < -0.4 is 5.32 Å². The van der Waals surface area contributed by atoms with Crippen molar-refractivity contribution in [2.45, 2.75) is 25.9 Å². The van der Waals surface area contributed by atoms with Crippen molar-refractivity contribution in [3.63, 3.8) is 0 Å². The first-order chi connectivity index (χ1) is 8.15. The number of ether oxygens (including phenoxy) is 1. The van der Waals surface area contributed by atoms with E-state index in [4.69, 9.17) is 9.15 Å². The smallest absolute Gasteiger partial charge is 0.317 e. The fraction of sp³-hybridized carbons (Fsp3) is 0.583. The van der Waals surface area contributed by atoms with Crippen molar-refractivity contribution in [3.8, 4) is 0 Å². The van der Waals surface area contributed by atoms with Gasteiger partial charge in [0.1, 0.15) is 11.5 Å². The van der Waals surface area contributed by atoms with Crippen LogP contribution in [-0.4, -0.2) is 37.2 Å². The number of carbonyl (C=O) groups excluding carboxylic acids is 1. The third-order valence-electron chi connectivity index (χ3n) is 2.79. The van der Waals surface area contributed by atoms with Crippen molar-refractivity contribution in [1.29, 1.82) is 0 Å². The zero-order chi connectivity index (χ0) is 12.3. The van der Waals surface area contributed by atoms with Gasteiger partial charge >= 0.3 is 6.03 Å². The molecule has 2 rings (SSSR count). The van der Waals surface area contributed by atoms with Crippen molar-refractivity contribution in [2.75, 3.05) is 20.3 Å². The molecule has 1 saturated heterocycles. The zero-order valence-corrected chi connectivity index (χ0v) is 10.2. The molecule has 1 aliphatic rings. The van der Waals surface area contributed by atoms with E-state index in [9.17, 15) is 4.79 Å². The molecule has 5 heteroatoms. The number of nitrogens with one attached hydrogen (secondary N) is 1.